The van der Waals surface area contributed by atoms with Crippen LogP contribution in [-0.4, -0.2) is 17.5 Å². The number of aromatic hydroxyl groups is 1. The van der Waals surface area contributed by atoms with Crippen LogP contribution in [-0.2, 0) is 0 Å². The normalized spacial score (nSPS) is 10.0. The van der Waals surface area contributed by atoms with E-state index >= 15 is 0 Å². The van der Waals surface area contributed by atoms with E-state index in [1.807, 2.05) is 13.8 Å². The lowest BCUT2D eigenvalue weighted by Gasteiger charge is -2.08. The fraction of sp³-hybridized carbons (Fsp3) is 0.417. The van der Waals surface area contributed by atoms with E-state index in [4.69, 9.17) is 4.74 Å². The first kappa shape index (κ1) is 11.6. The van der Waals surface area contributed by atoms with Gasteiger partial charge in [0.25, 0.3) is 0 Å². The second-order valence-corrected chi connectivity index (χ2v) is 3.26. The maximum absolute atomic E-state index is 11.6. The van der Waals surface area contributed by atoms with Gasteiger partial charge in [0.1, 0.15) is 0 Å². The third kappa shape index (κ3) is 2.72. The molecule has 82 valence electrons. The fourth-order valence-corrected chi connectivity index (χ4v) is 1.38. The predicted molar refractivity (Wildman–Crippen MR) is 58.5 cm³/mol. The highest BCUT2D eigenvalue weighted by molar-refractivity contribution is 5.99. The number of hydrogen-bond donors (Lipinski definition) is 1. The Hall–Kier alpha value is -1.51. The molecule has 3 heteroatoms. The van der Waals surface area contributed by atoms with E-state index in [0.717, 1.165) is 6.42 Å². The Labute approximate surface area is 89.7 Å². The fourth-order valence-electron chi connectivity index (χ4n) is 1.38. The summed E-state index contributed by atoms with van der Waals surface area (Å²) >= 11 is 0. The summed E-state index contributed by atoms with van der Waals surface area (Å²) in [5, 5.41) is 9.77. The van der Waals surface area contributed by atoms with Gasteiger partial charge >= 0.3 is 0 Å². The molecule has 0 aromatic heterocycles. The molecule has 0 heterocycles. The van der Waals surface area contributed by atoms with Gasteiger partial charge in [0.05, 0.1) is 12.2 Å². The Bertz CT molecular complexity index is 345. The van der Waals surface area contributed by atoms with Crippen LogP contribution in [0.3, 0.4) is 0 Å². The molecule has 0 aliphatic rings. The molecule has 3 nitrogen and oxygen atoms in total. The van der Waals surface area contributed by atoms with Gasteiger partial charge in [-0.05, 0) is 25.5 Å². The number of para-hydroxylation sites is 1. The Morgan fingerprint density at radius 3 is 2.73 bits per heavy atom. The zero-order valence-corrected chi connectivity index (χ0v) is 9.12. The molecule has 0 bridgehead atoms. The van der Waals surface area contributed by atoms with E-state index in [1.165, 1.54) is 0 Å². The SMILES string of the molecule is CCCC(=O)c1cccc(OCC)c1O. The smallest absolute Gasteiger partial charge is 0.168 e. The van der Waals surface area contributed by atoms with Gasteiger partial charge in [0.15, 0.2) is 17.3 Å². The van der Waals surface area contributed by atoms with E-state index in [2.05, 4.69) is 0 Å². The number of hydrogen-bond acceptors (Lipinski definition) is 3. The van der Waals surface area contributed by atoms with Crippen molar-refractivity contribution in [2.24, 2.45) is 0 Å². The van der Waals surface area contributed by atoms with Crippen LogP contribution < -0.4 is 4.74 Å². The molecule has 0 spiro atoms. The zero-order chi connectivity index (χ0) is 11.3. The molecule has 0 atom stereocenters. The minimum absolute atomic E-state index is 0.0437. The van der Waals surface area contributed by atoms with Crippen molar-refractivity contribution in [3.05, 3.63) is 23.8 Å². The number of phenolic OH excluding ortho intramolecular Hbond substituents is 1. The molecule has 0 amide bonds. The van der Waals surface area contributed by atoms with Crippen molar-refractivity contribution in [2.75, 3.05) is 6.61 Å². The van der Waals surface area contributed by atoms with E-state index in [-0.39, 0.29) is 11.5 Å². The highest BCUT2D eigenvalue weighted by atomic mass is 16.5. The highest BCUT2D eigenvalue weighted by Gasteiger charge is 2.13. The van der Waals surface area contributed by atoms with Crippen LogP contribution in [0.4, 0.5) is 0 Å². The molecule has 1 aromatic carbocycles. The maximum Gasteiger partial charge on any atom is 0.168 e. The lowest BCUT2D eigenvalue weighted by molar-refractivity contribution is 0.0978. The summed E-state index contributed by atoms with van der Waals surface area (Å²) in [6.45, 7) is 4.24. The van der Waals surface area contributed by atoms with E-state index in [9.17, 15) is 9.90 Å². The Kier molecular flexibility index (Phi) is 4.16. The van der Waals surface area contributed by atoms with Gasteiger partial charge in [-0.25, -0.2) is 0 Å². The summed E-state index contributed by atoms with van der Waals surface area (Å²) < 4.78 is 5.20. The molecule has 15 heavy (non-hydrogen) atoms. The van der Waals surface area contributed by atoms with Gasteiger partial charge in [0, 0.05) is 6.42 Å². The van der Waals surface area contributed by atoms with Gasteiger partial charge in [-0.1, -0.05) is 13.0 Å². The number of rotatable bonds is 5. The minimum atomic E-state index is -0.0449. The summed E-state index contributed by atoms with van der Waals surface area (Å²) in [7, 11) is 0. The molecule has 0 saturated heterocycles. The summed E-state index contributed by atoms with van der Waals surface area (Å²) in [4.78, 5) is 11.6. The largest absolute Gasteiger partial charge is 0.504 e. The number of carbonyl (C=O) groups is 1. The Morgan fingerprint density at radius 1 is 1.40 bits per heavy atom. The van der Waals surface area contributed by atoms with E-state index in [1.54, 1.807) is 18.2 Å². The molecular weight excluding hydrogens is 192 g/mol. The lowest BCUT2D eigenvalue weighted by Crippen LogP contribution is -2.00. The molecule has 1 N–H and O–H groups in total. The van der Waals surface area contributed by atoms with Crippen LogP contribution in [0, 0.1) is 0 Å². The first-order valence-electron chi connectivity index (χ1n) is 5.18. The van der Waals surface area contributed by atoms with Crippen molar-refractivity contribution in [1.82, 2.24) is 0 Å². The van der Waals surface area contributed by atoms with Gasteiger partial charge in [-0.2, -0.15) is 0 Å². The van der Waals surface area contributed by atoms with Crippen LogP contribution in [0.25, 0.3) is 0 Å². The van der Waals surface area contributed by atoms with E-state index < -0.39 is 0 Å². The molecule has 0 fully saturated rings. The number of carbonyl (C=O) groups excluding carboxylic acids is 1. The van der Waals surface area contributed by atoms with Crippen molar-refractivity contribution < 1.29 is 14.6 Å². The van der Waals surface area contributed by atoms with Crippen molar-refractivity contribution in [1.29, 1.82) is 0 Å². The molecule has 0 aliphatic heterocycles. The van der Waals surface area contributed by atoms with E-state index in [0.29, 0.717) is 24.3 Å². The van der Waals surface area contributed by atoms with Crippen LogP contribution in [0.5, 0.6) is 11.5 Å². The number of ketones is 1. The molecule has 0 unspecified atom stereocenters. The quantitative estimate of drug-likeness (QED) is 0.757. The maximum atomic E-state index is 11.6. The summed E-state index contributed by atoms with van der Waals surface area (Å²) in [6.07, 6.45) is 1.22. The van der Waals surface area contributed by atoms with Crippen molar-refractivity contribution in [3.8, 4) is 11.5 Å². The predicted octanol–water partition coefficient (Wildman–Crippen LogP) is 2.77. The molecular formula is C12H16O3. The number of phenols is 1. The summed E-state index contributed by atoms with van der Waals surface area (Å²) in [5.41, 5.74) is 0.350. The van der Waals surface area contributed by atoms with Gasteiger partial charge in [-0.3, -0.25) is 4.79 Å². The van der Waals surface area contributed by atoms with Crippen LogP contribution in [0.15, 0.2) is 18.2 Å². The lowest BCUT2D eigenvalue weighted by atomic mass is 10.1. The van der Waals surface area contributed by atoms with Crippen molar-refractivity contribution in [2.45, 2.75) is 26.7 Å². The highest BCUT2D eigenvalue weighted by Crippen LogP contribution is 2.30. The Balaban J connectivity index is 2.98. The average Bonchev–Trinajstić information content (AvgIpc) is 2.22. The monoisotopic (exact) mass is 208 g/mol. The van der Waals surface area contributed by atoms with Gasteiger partial charge in [-0.15, -0.1) is 0 Å². The van der Waals surface area contributed by atoms with Crippen molar-refractivity contribution >= 4 is 5.78 Å². The standard InChI is InChI=1S/C12H16O3/c1-3-6-10(13)9-7-5-8-11(12(9)14)15-4-2/h5,7-8,14H,3-4,6H2,1-2H3. The van der Waals surface area contributed by atoms with Crippen LogP contribution >= 0.6 is 0 Å². The topological polar surface area (TPSA) is 46.5 Å². The number of benzene rings is 1. The summed E-state index contributed by atoms with van der Waals surface area (Å²) in [6, 6.07) is 4.99. The van der Waals surface area contributed by atoms with Crippen LogP contribution in [0.1, 0.15) is 37.0 Å². The second kappa shape index (κ2) is 5.39. The third-order valence-corrected chi connectivity index (χ3v) is 2.08. The Morgan fingerprint density at radius 2 is 2.13 bits per heavy atom. The minimum Gasteiger partial charge on any atom is -0.504 e. The summed E-state index contributed by atoms with van der Waals surface area (Å²) in [5.74, 6) is 0.286. The first-order chi connectivity index (χ1) is 7.20. The molecule has 0 saturated carbocycles. The molecule has 1 aromatic rings. The number of Topliss-reactive ketones (excluding diaryl/α,β-unsaturated/α-hetero) is 1. The average molecular weight is 208 g/mol. The van der Waals surface area contributed by atoms with Crippen molar-refractivity contribution in [3.63, 3.8) is 0 Å². The molecule has 1 rings (SSSR count). The second-order valence-electron chi connectivity index (χ2n) is 3.26. The molecule has 0 radical (unpaired) electrons. The first-order valence-corrected chi connectivity index (χ1v) is 5.18. The van der Waals surface area contributed by atoms with Gasteiger partial charge in [0.2, 0.25) is 0 Å². The van der Waals surface area contributed by atoms with Crippen LogP contribution in [0.2, 0.25) is 0 Å². The van der Waals surface area contributed by atoms with Gasteiger partial charge < -0.3 is 9.84 Å². The number of ether oxygens (including phenoxy) is 1. The zero-order valence-electron chi connectivity index (χ0n) is 9.12. The third-order valence-electron chi connectivity index (χ3n) is 2.08. The molecule has 0 aliphatic carbocycles.